The number of nitrogens with zero attached hydrogens (tertiary/aromatic N) is 2. The number of imide groups is 1. The monoisotopic (exact) mass is 461 g/mol. The van der Waals surface area contributed by atoms with Gasteiger partial charge in [0.1, 0.15) is 5.70 Å². The van der Waals surface area contributed by atoms with Crippen molar-refractivity contribution in [1.29, 1.82) is 0 Å². The quantitative estimate of drug-likeness (QED) is 0.304. The lowest BCUT2D eigenvalue weighted by atomic mass is 10.0. The highest BCUT2D eigenvalue weighted by molar-refractivity contribution is 6.46. The number of hydrogen-bond acceptors (Lipinski definition) is 5. The Morgan fingerprint density at radius 3 is 2.27 bits per heavy atom. The number of rotatable bonds is 5. The Balaban J connectivity index is 1.88. The summed E-state index contributed by atoms with van der Waals surface area (Å²) >= 11 is 6.15. The van der Waals surface area contributed by atoms with E-state index in [1.807, 2.05) is 26.8 Å². The Morgan fingerprint density at radius 2 is 1.61 bits per heavy atom. The molecule has 3 aromatic rings. The molecule has 0 unspecified atom stereocenters. The first kappa shape index (κ1) is 22.2. The van der Waals surface area contributed by atoms with Crippen molar-refractivity contribution in [2.24, 2.45) is 0 Å². The van der Waals surface area contributed by atoms with Gasteiger partial charge in [0.15, 0.2) is 0 Å². The Bertz CT molecular complexity index is 1350. The largest absolute Gasteiger partial charge is 0.350 e. The molecule has 8 heteroatoms. The molecule has 1 heterocycles. The van der Waals surface area contributed by atoms with E-state index in [4.69, 9.17) is 11.6 Å². The van der Waals surface area contributed by atoms with Crippen molar-refractivity contribution in [2.75, 3.05) is 10.2 Å². The van der Waals surface area contributed by atoms with E-state index in [0.717, 1.165) is 21.6 Å². The van der Waals surface area contributed by atoms with E-state index in [-0.39, 0.29) is 17.0 Å². The van der Waals surface area contributed by atoms with Crippen LogP contribution < -0.4 is 10.2 Å². The zero-order valence-electron chi connectivity index (χ0n) is 18.2. The number of nitrogens with one attached hydrogen (secondary N) is 1. The fraction of sp³-hybridized carbons (Fsp3) is 0.120. The minimum Gasteiger partial charge on any atom is -0.350 e. The van der Waals surface area contributed by atoms with E-state index in [1.54, 1.807) is 30.3 Å². The third-order valence-corrected chi connectivity index (χ3v) is 5.96. The third kappa shape index (κ3) is 3.99. The van der Waals surface area contributed by atoms with Crippen molar-refractivity contribution in [1.82, 2.24) is 0 Å². The normalized spacial score (nSPS) is 13.6. The Hall–Kier alpha value is -3.97. The van der Waals surface area contributed by atoms with Crippen molar-refractivity contribution < 1.29 is 14.5 Å². The molecule has 166 valence electrons. The Kier molecular flexibility index (Phi) is 5.74. The first-order valence-electron chi connectivity index (χ1n) is 10.2. The molecule has 1 aliphatic heterocycles. The minimum absolute atomic E-state index is 0.0834. The number of carbonyl (C=O) groups excluding carboxylic acids is 2. The number of hydrogen-bond donors (Lipinski definition) is 1. The molecule has 7 nitrogen and oxygen atoms in total. The summed E-state index contributed by atoms with van der Waals surface area (Å²) in [7, 11) is 0. The summed E-state index contributed by atoms with van der Waals surface area (Å²) in [5, 5.41) is 14.6. The first-order valence-corrected chi connectivity index (χ1v) is 10.5. The van der Waals surface area contributed by atoms with Crippen LogP contribution in [-0.2, 0) is 9.59 Å². The lowest BCUT2D eigenvalue weighted by molar-refractivity contribution is -0.384. The molecule has 2 amide bonds. The summed E-state index contributed by atoms with van der Waals surface area (Å²) in [4.78, 5) is 38.9. The maximum Gasteiger partial charge on any atom is 0.282 e. The number of benzene rings is 3. The van der Waals surface area contributed by atoms with Crippen molar-refractivity contribution in [3.05, 3.63) is 104 Å². The van der Waals surface area contributed by atoms with Gasteiger partial charge in [0.25, 0.3) is 17.5 Å². The van der Waals surface area contributed by atoms with Crippen LogP contribution in [0.1, 0.15) is 22.3 Å². The third-order valence-electron chi connectivity index (χ3n) is 5.73. The van der Waals surface area contributed by atoms with Crippen LogP contribution in [0.25, 0.3) is 5.57 Å². The molecular weight excluding hydrogens is 442 g/mol. The molecular formula is C25H20ClN3O4. The van der Waals surface area contributed by atoms with Crippen molar-refractivity contribution >= 4 is 46.1 Å². The molecule has 4 rings (SSSR count). The van der Waals surface area contributed by atoms with Gasteiger partial charge < -0.3 is 5.32 Å². The fourth-order valence-electron chi connectivity index (χ4n) is 3.72. The molecule has 0 saturated carbocycles. The van der Waals surface area contributed by atoms with Gasteiger partial charge in [0, 0.05) is 22.8 Å². The molecule has 0 aromatic heterocycles. The average molecular weight is 462 g/mol. The molecule has 0 radical (unpaired) electrons. The maximum atomic E-state index is 13.6. The van der Waals surface area contributed by atoms with E-state index in [2.05, 4.69) is 5.32 Å². The van der Waals surface area contributed by atoms with Crippen LogP contribution in [0.5, 0.6) is 0 Å². The van der Waals surface area contributed by atoms with Gasteiger partial charge in [-0.3, -0.25) is 19.7 Å². The number of amides is 2. The molecule has 1 aliphatic rings. The van der Waals surface area contributed by atoms with E-state index in [1.165, 1.54) is 24.3 Å². The minimum atomic E-state index is -0.517. The van der Waals surface area contributed by atoms with Crippen LogP contribution in [0, 0.1) is 30.9 Å². The summed E-state index contributed by atoms with van der Waals surface area (Å²) in [6.07, 6.45) is 0. The molecule has 0 atom stereocenters. The van der Waals surface area contributed by atoms with Crippen molar-refractivity contribution in [3.63, 3.8) is 0 Å². The molecule has 0 spiro atoms. The van der Waals surface area contributed by atoms with Crippen molar-refractivity contribution in [2.45, 2.75) is 20.8 Å². The second kappa shape index (κ2) is 8.52. The zero-order valence-corrected chi connectivity index (χ0v) is 18.9. The van der Waals surface area contributed by atoms with Gasteiger partial charge in [-0.1, -0.05) is 29.8 Å². The molecule has 3 aromatic carbocycles. The number of halogens is 1. The van der Waals surface area contributed by atoms with E-state index in [9.17, 15) is 19.7 Å². The Labute approximate surface area is 195 Å². The molecule has 33 heavy (non-hydrogen) atoms. The standard InChI is InChI=1S/C25H20ClN3O4/c1-14-5-4-6-21(16(14)3)28-24(30)22(17-8-11-19(12-9-17)29(32)33)23(25(28)31)27-20-13-18(26)10-7-15(20)2/h4-13,27H,1-3H3. The van der Waals surface area contributed by atoms with Crippen LogP contribution in [0.4, 0.5) is 17.1 Å². The van der Waals surface area contributed by atoms with Gasteiger partial charge >= 0.3 is 0 Å². The second-order valence-corrected chi connectivity index (χ2v) is 8.24. The lowest BCUT2D eigenvalue weighted by Crippen LogP contribution is -2.33. The van der Waals surface area contributed by atoms with Gasteiger partial charge in [-0.2, -0.15) is 0 Å². The smallest absolute Gasteiger partial charge is 0.282 e. The van der Waals surface area contributed by atoms with E-state index < -0.39 is 16.7 Å². The number of nitro benzene ring substituents is 1. The molecule has 0 fully saturated rings. The summed E-state index contributed by atoms with van der Waals surface area (Å²) in [5.41, 5.74) is 4.16. The predicted octanol–water partition coefficient (Wildman–Crippen LogP) is 5.57. The number of carbonyl (C=O) groups is 2. The summed E-state index contributed by atoms with van der Waals surface area (Å²) < 4.78 is 0. The molecule has 0 saturated heterocycles. The van der Waals surface area contributed by atoms with Crippen LogP contribution >= 0.6 is 11.6 Å². The number of non-ortho nitro benzene ring substituents is 1. The van der Waals surface area contributed by atoms with Crippen LogP contribution in [0.3, 0.4) is 0 Å². The first-order chi connectivity index (χ1) is 15.7. The molecule has 0 bridgehead atoms. The van der Waals surface area contributed by atoms with Gasteiger partial charge in [-0.15, -0.1) is 0 Å². The number of aryl methyl sites for hydroxylation is 2. The highest BCUT2D eigenvalue weighted by Crippen LogP contribution is 2.36. The van der Waals surface area contributed by atoms with Gasteiger partial charge in [-0.25, -0.2) is 4.90 Å². The second-order valence-electron chi connectivity index (χ2n) is 7.80. The summed E-state index contributed by atoms with van der Waals surface area (Å²) in [5.74, 6) is -1.02. The zero-order chi connectivity index (χ0) is 23.9. The van der Waals surface area contributed by atoms with E-state index >= 15 is 0 Å². The lowest BCUT2D eigenvalue weighted by Gasteiger charge is -2.19. The van der Waals surface area contributed by atoms with Gasteiger partial charge in [0.2, 0.25) is 0 Å². The number of nitro groups is 1. The average Bonchev–Trinajstić information content (AvgIpc) is 3.02. The summed E-state index contributed by atoms with van der Waals surface area (Å²) in [6.45, 7) is 5.61. The van der Waals surface area contributed by atoms with Gasteiger partial charge in [0.05, 0.1) is 16.2 Å². The Morgan fingerprint density at radius 1 is 0.909 bits per heavy atom. The summed E-state index contributed by atoms with van der Waals surface area (Å²) in [6, 6.07) is 16.2. The van der Waals surface area contributed by atoms with Crippen molar-refractivity contribution in [3.8, 4) is 0 Å². The SMILES string of the molecule is Cc1ccc(Cl)cc1NC1=C(c2ccc([N+](=O)[O-])cc2)C(=O)N(c2cccc(C)c2C)C1=O. The highest BCUT2D eigenvalue weighted by atomic mass is 35.5. The molecule has 1 N–H and O–H groups in total. The molecule has 0 aliphatic carbocycles. The van der Waals surface area contributed by atoms with Gasteiger partial charge in [-0.05, 0) is 73.4 Å². The van der Waals surface area contributed by atoms with E-state index in [0.29, 0.717) is 22.0 Å². The number of anilines is 2. The maximum absolute atomic E-state index is 13.6. The predicted molar refractivity (Wildman–Crippen MR) is 128 cm³/mol. The fourth-order valence-corrected chi connectivity index (χ4v) is 3.90. The van der Waals surface area contributed by atoms with Crippen LogP contribution in [-0.4, -0.2) is 16.7 Å². The highest BCUT2D eigenvalue weighted by Gasteiger charge is 2.41. The van der Waals surface area contributed by atoms with Crippen LogP contribution in [0.2, 0.25) is 5.02 Å². The topological polar surface area (TPSA) is 92.6 Å². The van der Waals surface area contributed by atoms with Crippen LogP contribution in [0.15, 0.2) is 66.4 Å².